The zero-order valence-electron chi connectivity index (χ0n) is 21.7. The summed E-state index contributed by atoms with van der Waals surface area (Å²) < 4.78 is 93.7. The highest BCUT2D eigenvalue weighted by Gasteiger charge is 2.40. The van der Waals surface area contributed by atoms with Crippen molar-refractivity contribution in [1.29, 1.82) is 0 Å². The number of anilines is 1. The molecule has 218 valence electrons. The van der Waals surface area contributed by atoms with Crippen molar-refractivity contribution in [3.05, 3.63) is 65.0 Å². The van der Waals surface area contributed by atoms with Crippen LogP contribution in [0.5, 0.6) is 0 Å². The van der Waals surface area contributed by atoms with Crippen molar-refractivity contribution in [2.24, 2.45) is 0 Å². The predicted molar refractivity (Wildman–Crippen MR) is 131 cm³/mol. The average Bonchev–Trinajstić information content (AvgIpc) is 2.89. The number of likely N-dealkylation sites (N-methyl/N-ethyl adjacent to an activating group) is 1. The van der Waals surface area contributed by atoms with Crippen LogP contribution in [-0.2, 0) is 21.9 Å². The van der Waals surface area contributed by atoms with Crippen molar-refractivity contribution in [3.63, 3.8) is 0 Å². The van der Waals surface area contributed by atoms with Crippen molar-refractivity contribution in [3.8, 4) is 0 Å². The normalized spacial score (nSPS) is 17.8. The first kappa shape index (κ1) is 30.7. The van der Waals surface area contributed by atoms with E-state index < -0.39 is 64.8 Å². The molecule has 4 amide bonds. The molecule has 0 aromatic heterocycles. The van der Waals surface area contributed by atoms with Gasteiger partial charge in [0.25, 0.3) is 0 Å². The fraction of sp³-hybridized carbons (Fsp3) is 0.423. The number of rotatable bonds is 5. The zero-order chi connectivity index (χ0) is 30.0. The number of alkyl halides is 6. The molecule has 1 aliphatic heterocycles. The molecule has 1 fully saturated rings. The van der Waals surface area contributed by atoms with E-state index in [1.807, 2.05) is 0 Å². The topological polar surface area (TPSA) is 73.0 Å². The van der Waals surface area contributed by atoms with Crippen LogP contribution in [0.3, 0.4) is 0 Å². The molecule has 2 aromatic rings. The molecule has 3 rings (SSSR count). The molecule has 2 atom stereocenters. The van der Waals surface area contributed by atoms with E-state index >= 15 is 0 Å². The molecular formula is C26H27F7N4O3. The number of amides is 4. The van der Waals surface area contributed by atoms with Crippen molar-refractivity contribution >= 4 is 23.5 Å². The number of carbonyl (C=O) groups excluding carboxylic acids is 3. The van der Waals surface area contributed by atoms with Crippen LogP contribution in [0.4, 0.5) is 41.2 Å². The molecule has 7 nitrogen and oxygen atoms in total. The molecule has 40 heavy (non-hydrogen) atoms. The number of piperidine rings is 1. The lowest BCUT2D eigenvalue weighted by Crippen LogP contribution is -2.55. The Morgan fingerprint density at radius 1 is 0.950 bits per heavy atom. The first-order valence-electron chi connectivity index (χ1n) is 12.1. The number of hydrogen-bond donors (Lipinski definition) is 1. The van der Waals surface area contributed by atoms with E-state index in [4.69, 9.17) is 0 Å². The number of urea groups is 1. The minimum atomic E-state index is -5.09. The number of carbonyl (C=O) groups is 3. The molecule has 1 heterocycles. The van der Waals surface area contributed by atoms with Gasteiger partial charge in [0, 0.05) is 51.8 Å². The summed E-state index contributed by atoms with van der Waals surface area (Å²) in [5, 5.41) is 2.41. The van der Waals surface area contributed by atoms with Gasteiger partial charge in [0.2, 0.25) is 11.8 Å². The van der Waals surface area contributed by atoms with Crippen LogP contribution in [0.15, 0.2) is 42.5 Å². The van der Waals surface area contributed by atoms with Crippen LogP contribution in [0, 0.1) is 5.82 Å². The molecule has 0 saturated carbocycles. The Kier molecular flexibility index (Phi) is 9.00. The Bertz CT molecular complexity index is 1220. The highest BCUT2D eigenvalue weighted by molar-refractivity contribution is 5.92. The standard InChI is InChI=1S/C26H27F7N4O3/c1-15(38)34-13-23(39)37-9-8-22(21(14-37)16-4-6-19(27)7-5-16)36(3)24(40)35(2)20-11-17(25(28,29)30)10-18(12-20)26(31,32)33/h4-7,10-12,21-22H,8-9,13-14H2,1-3H3,(H,34,38)/t21-,22+/m0/s1. The maximum Gasteiger partial charge on any atom is 0.416 e. The molecule has 14 heteroatoms. The van der Waals surface area contributed by atoms with Crippen molar-refractivity contribution < 1.29 is 45.1 Å². The average molecular weight is 577 g/mol. The first-order valence-corrected chi connectivity index (χ1v) is 12.1. The summed E-state index contributed by atoms with van der Waals surface area (Å²) >= 11 is 0. The van der Waals surface area contributed by atoms with Crippen LogP contribution in [-0.4, -0.2) is 67.4 Å². The molecular weight excluding hydrogens is 549 g/mol. The van der Waals surface area contributed by atoms with Gasteiger partial charge in [-0.1, -0.05) is 12.1 Å². The van der Waals surface area contributed by atoms with E-state index in [0.717, 1.165) is 7.05 Å². The minimum Gasteiger partial charge on any atom is -0.347 e. The number of nitrogens with zero attached hydrogens (tertiary/aromatic N) is 3. The lowest BCUT2D eigenvalue weighted by atomic mass is 9.85. The van der Waals surface area contributed by atoms with Gasteiger partial charge in [0.05, 0.1) is 17.7 Å². The second-order valence-electron chi connectivity index (χ2n) is 9.48. The summed E-state index contributed by atoms with van der Waals surface area (Å²) in [5.74, 6) is -1.90. The lowest BCUT2D eigenvalue weighted by molar-refractivity contribution is -0.143. The van der Waals surface area contributed by atoms with Crippen LogP contribution < -0.4 is 10.2 Å². The Labute approximate surface area is 225 Å². The van der Waals surface area contributed by atoms with Gasteiger partial charge in [0.1, 0.15) is 5.82 Å². The SMILES string of the molecule is CC(=O)NCC(=O)N1CC[C@@H](N(C)C(=O)N(C)c2cc(C(F)(F)F)cc(C(F)(F)F)c2)[C@H](c2ccc(F)cc2)C1. The molecule has 2 aromatic carbocycles. The Morgan fingerprint density at radius 2 is 1.50 bits per heavy atom. The summed E-state index contributed by atoms with van der Waals surface area (Å²) in [6.45, 7) is 1.21. The maximum atomic E-state index is 13.6. The molecule has 1 aliphatic rings. The molecule has 0 spiro atoms. The summed E-state index contributed by atoms with van der Waals surface area (Å²) in [6, 6.07) is 4.69. The quantitative estimate of drug-likeness (QED) is 0.517. The summed E-state index contributed by atoms with van der Waals surface area (Å²) in [5.41, 5.74) is -3.17. The summed E-state index contributed by atoms with van der Waals surface area (Å²) in [6.07, 6.45) is -9.98. The monoisotopic (exact) mass is 576 g/mol. The van der Waals surface area contributed by atoms with Gasteiger partial charge in [-0.05, 0) is 42.3 Å². The molecule has 0 bridgehead atoms. The molecule has 0 radical (unpaired) electrons. The highest BCUT2D eigenvalue weighted by Crippen LogP contribution is 2.39. The second kappa shape index (κ2) is 11.7. The minimum absolute atomic E-state index is 0.0240. The number of benzene rings is 2. The molecule has 0 aliphatic carbocycles. The Balaban J connectivity index is 1.92. The van der Waals surface area contributed by atoms with E-state index in [1.165, 1.54) is 48.0 Å². The lowest BCUT2D eigenvalue weighted by Gasteiger charge is -2.43. The third kappa shape index (κ3) is 7.21. The number of likely N-dealkylation sites (tertiary alicyclic amines) is 1. The van der Waals surface area contributed by atoms with E-state index in [0.29, 0.717) is 22.6 Å². The molecule has 0 unspecified atom stereocenters. The van der Waals surface area contributed by atoms with E-state index in [-0.39, 0.29) is 32.1 Å². The van der Waals surface area contributed by atoms with Crippen molar-refractivity contribution in [1.82, 2.24) is 15.1 Å². The first-order chi connectivity index (χ1) is 18.5. The number of hydrogen-bond acceptors (Lipinski definition) is 3. The molecule has 1 N–H and O–H groups in total. The van der Waals surface area contributed by atoms with Gasteiger partial charge < -0.3 is 15.1 Å². The predicted octanol–water partition coefficient (Wildman–Crippen LogP) is 4.87. The van der Waals surface area contributed by atoms with Gasteiger partial charge in [-0.3, -0.25) is 14.5 Å². The molecule has 1 saturated heterocycles. The number of halogens is 7. The van der Waals surface area contributed by atoms with E-state index in [2.05, 4.69) is 5.32 Å². The summed E-state index contributed by atoms with van der Waals surface area (Å²) in [4.78, 5) is 40.6. The van der Waals surface area contributed by atoms with Crippen molar-refractivity contribution in [2.45, 2.75) is 37.7 Å². The fourth-order valence-electron chi connectivity index (χ4n) is 4.60. The fourth-order valence-corrected chi connectivity index (χ4v) is 4.60. The third-order valence-corrected chi connectivity index (χ3v) is 6.76. The van der Waals surface area contributed by atoms with Gasteiger partial charge in [-0.25, -0.2) is 9.18 Å². The zero-order valence-corrected chi connectivity index (χ0v) is 21.7. The van der Waals surface area contributed by atoms with Crippen LogP contribution in [0.1, 0.15) is 36.0 Å². The van der Waals surface area contributed by atoms with Crippen molar-refractivity contribution in [2.75, 3.05) is 38.6 Å². The number of nitrogens with one attached hydrogen (secondary N) is 1. The maximum absolute atomic E-state index is 13.6. The van der Waals surface area contributed by atoms with E-state index in [9.17, 15) is 45.1 Å². The smallest absolute Gasteiger partial charge is 0.347 e. The Morgan fingerprint density at radius 3 is 2.00 bits per heavy atom. The van der Waals surface area contributed by atoms with E-state index in [1.54, 1.807) is 0 Å². The van der Waals surface area contributed by atoms with Crippen LogP contribution in [0.25, 0.3) is 0 Å². The van der Waals surface area contributed by atoms with Gasteiger partial charge >= 0.3 is 18.4 Å². The van der Waals surface area contributed by atoms with Crippen LogP contribution in [0.2, 0.25) is 0 Å². The second-order valence-corrected chi connectivity index (χ2v) is 9.48. The van der Waals surface area contributed by atoms with Gasteiger partial charge in [-0.15, -0.1) is 0 Å². The van der Waals surface area contributed by atoms with Gasteiger partial charge in [-0.2, -0.15) is 26.3 Å². The van der Waals surface area contributed by atoms with Crippen LogP contribution >= 0.6 is 0 Å². The summed E-state index contributed by atoms with van der Waals surface area (Å²) in [7, 11) is 2.42. The largest absolute Gasteiger partial charge is 0.416 e. The Hall–Kier alpha value is -3.84. The third-order valence-electron chi connectivity index (χ3n) is 6.76. The highest BCUT2D eigenvalue weighted by atomic mass is 19.4. The van der Waals surface area contributed by atoms with Gasteiger partial charge in [0.15, 0.2) is 0 Å².